The number of aryl methyl sites for hydroxylation is 2. The van der Waals surface area contributed by atoms with Gasteiger partial charge in [0, 0.05) is 22.1 Å². The van der Waals surface area contributed by atoms with Crippen molar-refractivity contribution in [3.05, 3.63) is 69.2 Å². The van der Waals surface area contributed by atoms with Gasteiger partial charge in [0.05, 0.1) is 12.3 Å². The van der Waals surface area contributed by atoms with Crippen LogP contribution in [0, 0.1) is 0 Å². The van der Waals surface area contributed by atoms with Crippen molar-refractivity contribution >= 4 is 21.6 Å². The van der Waals surface area contributed by atoms with E-state index >= 15 is 0 Å². The summed E-state index contributed by atoms with van der Waals surface area (Å²) in [5.41, 5.74) is 6.50. The molecule has 2 aromatic rings. The quantitative estimate of drug-likeness (QED) is 0.812. The maximum absolute atomic E-state index is 4.96. The number of rotatable bonds is 3. The molecule has 1 aliphatic carbocycles. The highest BCUT2D eigenvalue weighted by Crippen LogP contribution is 2.27. The second-order valence-corrected chi connectivity index (χ2v) is 6.91. The molecule has 3 heteroatoms. The number of nitrogens with zero attached hydrogens (tertiary/aromatic N) is 2. The fourth-order valence-corrected chi connectivity index (χ4v) is 3.26. The number of hydrogen-bond donors (Lipinski definition) is 0. The van der Waals surface area contributed by atoms with Crippen LogP contribution in [-0.2, 0) is 12.8 Å². The van der Waals surface area contributed by atoms with Crippen molar-refractivity contribution in [3.63, 3.8) is 0 Å². The third kappa shape index (κ3) is 3.31. The molecule has 22 heavy (non-hydrogen) atoms. The second kappa shape index (κ2) is 6.76. The lowest BCUT2D eigenvalue weighted by Gasteiger charge is -2.13. The van der Waals surface area contributed by atoms with Gasteiger partial charge < -0.3 is 4.90 Å². The van der Waals surface area contributed by atoms with Gasteiger partial charge in [-0.25, -0.2) is 0 Å². The summed E-state index contributed by atoms with van der Waals surface area (Å²) in [6.07, 6.45) is 2.16. The number of likely N-dealkylation sites (N-methyl/N-ethyl adjacent to an activating group) is 1. The van der Waals surface area contributed by atoms with Gasteiger partial charge in [0.25, 0.3) is 0 Å². The van der Waals surface area contributed by atoms with E-state index in [0.29, 0.717) is 0 Å². The van der Waals surface area contributed by atoms with Crippen molar-refractivity contribution in [2.75, 3.05) is 27.2 Å². The predicted molar refractivity (Wildman–Crippen MR) is 97.1 cm³/mol. The molecule has 0 spiro atoms. The zero-order valence-corrected chi connectivity index (χ0v) is 14.7. The van der Waals surface area contributed by atoms with Crippen LogP contribution in [0.15, 0.2) is 51.9 Å². The first-order chi connectivity index (χ1) is 10.6. The monoisotopic (exact) mass is 356 g/mol. The van der Waals surface area contributed by atoms with E-state index in [2.05, 4.69) is 77.4 Å². The topological polar surface area (TPSA) is 15.6 Å². The van der Waals surface area contributed by atoms with Crippen LogP contribution in [0.3, 0.4) is 0 Å². The highest BCUT2D eigenvalue weighted by atomic mass is 79.9. The molecule has 0 N–H and O–H groups in total. The molecule has 0 bridgehead atoms. The normalized spacial score (nSPS) is 15.5. The number of aliphatic imine (C=N–C) groups is 1. The molecule has 0 radical (unpaired) electrons. The highest BCUT2D eigenvalue weighted by Gasteiger charge is 2.19. The van der Waals surface area contributed by atoms with Gasteiger partial charge in [-0.15, -0.1) is 0 Å². The summed E-state index contributed by atoms with van der Waals surface area (Å²) in [6.45, 7) is 1.79. The van der Waals surface area contributed by atoms with Crippen molar-refractivity contribution < 1.29 is 0 Å². The average molecular weight is 357 g/mol. The molecule has 1 aliphatic rings. The van der Waals surface area contributed by atoms with Crippen LogP contribution in [0.5, 0.6) is 0 Å². The summed E-state index contributed by atoms with van der Waals surface area (Å²) in [7, 11) is 4.18. The smallest absolute Gasteiger partial charge is 0.0725 e. The van der Waals surface area contributed by atoms with Crippen LogP contribution in [0.2, 0.25) is 0 Å². The Bertz CT molecular complexity index is 704. The van der Waals surface area contributed by atoms with Crippen molar-refractivity contribution in [3.8, 4) is 0 Å². The van der Waals surface area contributed by atoms with E-state index < -0.39 is 0 Å². The summed E-state index contributed by atoms with van der Waals surface area (Å²) in [5, 5.41) is 0. The van der Waals surface area contributed by atoms with Gasteiger partial charge in [0.15, 0.2) is 0 Å². The van der Waals surface area contributed by atoms with E-state index in [4.69, 9.17) is 4.99 Å². The Hall–Kier alpha value is -1.45. The van der Waals surface area contributed by atoms with E-state index in [0.717, 1.165) is 36.1 Å². The fraction of sp³-hybridized carbons (Fsp3) is 0.316. The van der Waals surface area contributed by atoms with Gasteiger partial charge in [-0.3, -0.25) is 4.99 Å². The Morgan fingerprint density at radius 3 is 2.50 bits per heavy atom. The lowest BCUT2D eigenvalue weighted by molar-refractivity contribution is 0.420. The first-order valence-corrected chi connectivity index (χ1v) is 8.50. The van der Waals surface area contributed by atoms with Crippen LogP contribution in [-0.4, -0.2) is 37.8 Å². The molecule has 0 unspecified atom stereocenters. The molecule has 2 nitrogen and oxygen atoms in total. The molecular weight excluding hydrogens is 336 g/mol. The van der Waals surface area contributed by atoms with Crippen molar-refractivity contribution in [1.29, 1.82) is 0 Å². The fourth-order valence-electron chi connectivity index (χ4n) is 2.90. The molecule has 114 valence electrons. The second-order valence-electron chi connectivity index (χ2n) is 5.99. The van der Waals surface area contributed by atoms with E-state index in [1.165, 1.54) is 22.3 Å². The van der Waals surface area contributed by atoms with Gasteiger partial charge in [-0.05, 0) is 50.2 Å². The first-order valence-electron chi connectivity index (χ1n) is 7.71. The first kappa shape index (κ1) is 15.4. The molecule has 0 aliphatic heterocycles. The van der Waals surface area contributed by atoms with Crippen LogP contribution in [0.1, 0.15) is 22.3 Å². The lowest BCUT2D eigenvalue weighted by atomic mass is 9.98. The zero-order chi connectivity index (χ0) is 15.5. The molecule has 0 saturated heterocycles. The van der Waals surface area contributed by atoms with E-state index in [1.54, 1.807) is 0 Å². The molecule has 0 saturated carbocycles. The lowest BCUT2D eigenvalue weighted by Crippen LogP contribution is -2.17. The van der Waals surface area contributed by atoms with Crippen LogP contribution in [0.25, 0.3) is 0 Å². The molecule has 0 fully saturated rings. The number of hydrogen-bond acceptors (Lipinski definition) is 2. The summed E-state index contributed by atoms with van der Waals surface area (Å²) in [4.78, 5) is 7.14. The number of benzene rings is 2. The van der Waals surface area contributed by atoms with Crippen molar-refractivity contribution in [2.24, 2.45) is 4.99 Å². The highest BCUT2D eigenvalue weighted by molar-refractivity contribution is 9.10. The molecule has 0 heterocycles. The molecular formula is C19H21BrN2. The van der Waals surface area contributed by atoms with Crippen LogP contribution >= 0.6 is 15.9 Å². The Morgan fingerprint density at radius 2 is 1.73 bits per heavy atom. The number of fused-ring (bicyclic) bond motifs is 2. The minimum absolute atomic E-state index is 0.822. The Kier molecular flexibility index (Phi) is 4.74. The number of halogens is 1. The van der Waals surface area contributed by atoms with E-state index in [1.807, 2.05) is 0 Å². The Balaban J connectivity index is 2.10. The molecule has 0 atom stereocenters. The molecule has 2 aromatic carbocycles. The van der Waals surface area contributed by atoms with Gasteiger partial charge in [0.2, 0.25) is 0 Å². The third-order valence-corrected chi connectivity index (χ3v) is 4.57. The molecule has 0 aromatic heterocycles. The Labute approximate surface area is 141 Å². The largest absolute Gasteiger partial charge is 0.308 e. The maximum atomic E-state index is 4.96. The molecule has 3 rings (SSSR count). The third-order valence-electron chi connectivity index (χ3n) is 4.08. The summed E-state index contributed by atoms with van der Waals surface area (Å²) >= 11 is 3.61. The van der Waals surface area contributed by atoms with Gasteiger partial charge in [0.1, 0.15) is 0 Å². The molecule has 0 amide bonds. The van der Waals surface area contributed by atoms with Crippen molar-refractivity contribution in [2.45, 2.75) is 12.8 Å². The Morgan fingerprint density at radius 1 is 1.00 bits per heavy atom. The zero-order valence-electron chi connectivity index (χ0n) is 13.1. The SMILES string of the molecule is CN(C)CC/N=C1/c2ccccc2CCc2ccc(Br)cc21. The van der Waals surface area contributed by atoms with Crippen molar-refractivity contribution in [1.82, 2.24) is 4.90 Å². The standard InChI is InChI=1S/C19H21BrN2/c1-22(2)12-11-21-19-17-6-4-3-5-14(17)7-8-15-9-10-16(20)13-18(15)19/h3-6,9-10,13H,7-8,11-12H2,1-2H3/b21-19-. The van der Waals surface area contributed by atoms with Gasteiger partial charge in [-0.2, -0.15) is 0 Å². The average Bonchev–Trinajstić information content (AvgIpc) is 2.65. The van der Waals surface area contributed by atoms with E-state index in [-0.39, 0.29) is 0 Å². The summed E-state index contributed by atoms with van der Waals surface area (Å²) in [6, 6.07) is 15.3. The van der Waals surface area contributed by atoms with Crippen LogP contribution < -0.4 is 0 Å². The maximum Gasteiger partial charge on any atom is 0.0725 e. The predicted octanol–water partition coefficient (Wildman–Crippen LogP) is 3.95. The minimum atomic E-state index is 0.822. The van der Waals surface area contributed by atoms with Crippen LogP contribution in [0.4, 0.5) is 0 Å². The van der Waals surface area contributed by atoms with Gasteiger partial charge in [-0.1, -0.05) is 46.3 Å². The van der Waals surface area contributed by atoms with Gasteiger partial charge >= 0.3 is 0 Å². The minimum Gasteiger partial charge on any atom is -0.308 e. The summed E-state index contributed by atoms with van der Waals surface area (Å²) in [5.74, 6) is 0. The van der Waals surface area contributed by atoms with E-state index in [9.17, 15) is 0 Å². The summed E-state index contributed by atoms with van der Waals surface area (Å²) < 4.78 is 1.12.